The van der Waals surface area contributed by atoms with Gasteiger partial charge in [0.05, 0.1) is 12.3 Å². The number of carbonyl (C=O) groups excluding carboxylic acids is 1. The average Bonchev–Trinajstić information content (AvgIpc) is 3.43. The van der Waals surface area contributed by atoms with Gasteiger partial charge in [0.2, 0.25) is 11.0 Å². The lowest BCUT2D eigenvalue weighted by Crippen LogP contribution is -2.38. The molecule has 1 amide bonds. The van der Waals surface area contributed by atoms with E-state index in [1.165, 1.54) is 11.3 Å². The number of nitrogens with one attached hydrogen (secondary N) is 1. The molecule has 1 atom stereocenters. The minimum atomic E-state index is -0.159. The van der Waals surface area contributed by atoms with E-state index in [1.807, 2.05) is 30.9 Å². The molecule has 1 fully saturated rings. The summed E-state index contributed by atoms with van der Waals surface area (Å²) in [6.07, 6.45) is 8.52. The lowest BCUT2D eigenvalue weighted by atomic mass is 10.0. The highest BCUT2D eigenvalue weighted by Gasteiger charge is 2.29. The maximum atomic E-state index is 12.9. The van der Waals surface area contributed by atoms with Crippen molar-refractivity contribution < 1.29 is 9.21 Å². The number of rotatable bonds is 6. The van der Waals surface area contributed by atoms with Crippen LogP contribution in [0.3, 0.4) is 0 Å². The fourth-order valence-corrected chi connectivity index (χ4v) is 4.15. The molecule has 156 valence electrons. The van der Waals surface area contributed by atoms with Gasteiger partial charge < -0.3 is 14.6 Å². The van der Waals surface area contributed by atoms with Crippen molar-refractivity contribution in [2.24, 2.45) is 0 Å². The zero-order valence-electron chi connectivity index (χ0n) is 17.0. The van der Waals surface area contributed by atoms with Crippen LogP contribution in [0, 0.1) is 6.92 Å². The van der Waals surface area contributed by atoms with Gasteiger partial charge in [-0.3, -0.25) is 4.79 Å². The highest BCUT2D eigenvalue weighted by molar-refractivity contribution is 7.15. The Hall–Kier alpha value is -3.07. The Morgan fingerprint density at radius 2 is 2.27 bits per heavy atom. The molecule has 0 radical (unpaired) electrons. The summed E-state index contributed by atoms with van der Waals surface area (Å²) >= 11 is 1.51. The van der Waals surface area contributed by atoms with E-state index in [4.69, 9.17) is 9.40 Å². The molecule has 1 aliphatic heterocycles. The van der Waals surface area contributed by atoms with Gasteiger partial charge in [-0.15, -0.1) is 10.2 Å². The number of likely N-dealkylation sites (tertiary alicyclic amines) is 1. The first-order chi connectivity index (χ1) is 14.6. The van der Waals surface area contributed by atoms with Gasteiger partial charge in [0, 0.05) is 24.4 Å². The van der Waals surface area contributed by atoms with Crippen molar-refractivity contribution in [2.45, 2.75) is 45.6 Å². The smallest absolute Gasteiger partial charge is 0.247 e. The van der Waals surface area contributed by atoms with Crippen LogP contribution in [-0.4, -0.2) is 37.5 Å². The number of amides is 1. The maximum absolute atomic E-state index is 12.9. The summed E-state index contributed by atoms with van der Waals surface area (Å²) in [4.78, 5) is 24.1. The first kappa shape index (κ1) is 20.2. The van der Waals surface area contributed by atoms with E-state index < -0.39 is 0 Å². The van der Waals surface area contributed by atoms with E-state index >= 15 is 0 Å². The molecule has 3 aromatic heterocycles. The molecule has 0 aliphatic carbocycles. The zero-order chi connectivity index (χ0) is 20.9. The largest absolute Gasteiger partial charge is 0.465 e. The van der Waals surface area contributed by atoms with Crippen molar-refractivity contribution in [3.63, 3.8) is 0 Å². The number of anilines is 2. The molecule has 8 nitrogen and oxygen atoms in total. The highest BCUT2D eigenvalue weighted by Crippen LogP contribution is 2.30. The fraction of sp³-hybridized carbons (Fsp3) is 0.381. The Balaban J connectivity index is 1.55. The number of hydrogen-bond donors (Lipinski definition) is 1. The normalized spacial score (nSPS) is 16.9. The second kappa shape index (κ2) is 9.17. The van der Waals surface area contributed by atoms with Gasteiger partial charge in [0.25, 0.3) is 0 Å². The number of furan rings is 1. The number of aromatic nitrogens is 4. The van der Waals surface area contributed by atoms with Gasteiger partial charge >= 0.3 is 0 Å². The summed E-state index contributed by atoms with van der Waals surface area (Å²) in [6, 6.07) is 5.33. The van der Waals surface area contributed by atoms with E-state index in [0.29, 0.717) is 29.1 Å². The van der Waals surface area contributed by atoms with E-state index in [1.54, 1.807) is 24.5 Å². The van der Waals surface area contributed by atoms with Gasteiger partial charge in [-0.25, -0.2) is 9.97 Å². The summed E-state index contributed by atoms with van der Waals surface area (Å²) in [6.45, 7) is 4.66. The Morgan fingerprint density at radius 3 is 3.03 bits per heavy atom. The molecule has 0 spiro atoms. The van der Waals surface area contributed by atoms with E-state index in [0.717, 1.165) is 36.4 Å². The fourth-order valence-electron chi connectivity index (χ4n) is 3.46. The van der Waals surface area contributed by atoms with Crippen LogP contribution in [0.5, 0.6) is 0 Å². The van der Waals surface area contributed by atoms with Crippen molar-refractivity contribution >= 4 is 34.3 Å². The molecule has 0 bridgehead atoms. The summed E-state index contributed by atoms with van der Waals surface area (Å²) in [7, 11) is 0. The predicted molar refractivity (Wildman–Crippen MR) is 115 cm³/mol. The Labute approximate surface area is 179 Å². The minimum Gasteiger partial charge on any atom is -0.465 e. The topological polar surface area (TPSA) is 97.0 Å². The third kappa shape index (κ3) is 4.73. The van der Waals surface area contributed by atoms with Crippen LogP contribution in [0.25, 0.3) is 6.08 Å². The Morgan fingerprint density at radius 1 is 1.37 bits per heavy atom. The van der Waals surface area contributed by atoms with Crippen molar-refractivity contribution in [1.82, 2.24) is 25.1 Å². The summed E-state index contributed by atoms with van der Waals surface area (Å²) < 4.78 is 5.28. The molecule has 4 heterocycles. The highest BCUT2D eigenvalue weighted by atomic mass is 32.1. The standard InChI is InChI=1S/C21H24N6O2S/c1-3-18-25-26-21(30-18)24-17-13-14(2)22-20(23-17)16-8-4-5-11-27(16)19(28)10-9-15-7-6-12-29-15/h6-7,9-10,12-13,16H,3-5,8,11H2,1-2H3,(H,22,23,24,26)/b10-9+/t16-/m1/s1. The summed E-state index contributed by atoms with van der Waals surface area (Å²) in [5, 5.41) is 13.2. The number of carbonyl (C=O) groups is 1. The molecule has 1 aliphatic rings. The molecule has 1 saturated heterocycles. The predicted octanol–water partition coefficient (Wildman–Crippen LogP) is 4.30. The Bertz CT molecular complexity index is 1030. The minimum absolute atomic E-state index is 0.0626. The quantitative estimate of drug-likeness (QED) is 0.589. The van der Waals surface area contributed by atoms with Gasteiger partial charge in [0.15, 0.2) is 5.82 Å². The lowest BCUT2D eigenvalue weighted by molar-refractivity contribution is -0.129. The zero-order valence-corrected chi connectivity index (χ0v) is 17.9. The van der Waals surface area contributed by atoms with Crippen LogP contribution < -0.4 is 5.32 Å². The number of nitrogens with zero attached hydrogens (tertiary/aromatic N) is 5. The van der Waals surface area contributed by atoms with E-state index in [2.05, 4.69) is 20.5 Å². The molecular weight excluding hydrogens is 400 g/mol. The van der Waals surface area contributed by atoms with Crippen molar-refractivity contribution in [1.29, 1.82) is 0 Å². The van der Waals surface area contributed by atoms with Gasteiger partial charge in [-0.2, -0.15) is 0 Å². The summed E-state index contributed by atoms with van der Waals surface area (Å²) in [5.74, 6) is 1.91. The van der Waals surface area contributed by atoms with Crippen LogP contribution >= 0.6 is 11.3 Å². The summed E-state index contributed by atoms with van der Waals surface area (Å²) in [5.41, 5.74) is 0.840. The molecule has 0 aromatic carbocycles. The number of aryl methyl sites for hydroxylation is 2. The average molecular weight is 425 g/mol. The molecule has 1 N–H and O–H groups in total. The maximum Gasteiger partial charge on any atom is 0.247 e. The molecule has 0 unspecified atom stereocenters. The molecule has 9 heteroatoms. The van der Waals surface area contributed by atoms with Gasteiger partial charge in [-0.1, -0.05) is 18.3 Å². The van der Waals surface area contributed by atoms with Crippen molar-refractivity contribution in [3.05, 3.63) is 52.8 Å². The van der Waals surface area contributed by atoms with E-state index in [-0.39, 0.29) is 11.9 Å². The lowest BCUT2D eigenvalue weighted by Gasteiger charge is -2.34. The van der Waals surface area contributed by atoms with Crippen LogP contribution in [0.15, 0.2) is 35.0 Å². The second-order valence-electron chi connectivity index (χ2n) is 7.12. The first-order valence-electron chi connectivity index (χ1n) is 10.1. The molecule has 0 saturated carbocycles. The van der Waals surface area contributed by atoms with Crippen LogP contribution in [-0.2, 0) is 11.2 Å². The van der Waals surface area contributed by atoms with Crippen molar-refractivity contribution in [2.75, 3.05) is 11.9 Å². The first-order valence-corrected chi connectivity index (χ1v) is 10.9. The van der Waals surface area contributed by atoms with Crippen LogP contribution in [0.1, 0.15) is 54.5 Å². The van der Waals surface area contributed by atoms with Gasteiger partial charge in [0.1, 0.15) is 16.6 Å². The Kier molecular flexibility index (Phi) is 6.18. The number of hydrogen-bond acceptors (Lipinski definition) is 8. The monoisotopic (exact) mass is 424 g/mol. The van der Waals surface area contributed by atoms with Crippen LogP contribution in [0.2, 0.25) is 0 Å². The van der Waals surface area contributed by atoms with Crippen LogP contribution in [0.4, 0.5) is 10.9 Å². The van der Waals surface area contributed by atoms with Crippen molar-refractivity contribution in [3.8, 4) is 0 Å². The third-order valence-electron chi connectivity index (χ3n) is 4.89. The molecular formula is C21H24N6O2S. The SMILES string of the molecule is CCc1nnc(Nc2cc(C)nc([C@H]3CCCCN3C(=O)/C=C/c3ccco3)n2)s1. The molecule has 30 heavy (non-hydrogen) atoms. The third-order valence-corrected chi connectivity index (χ3v) is 5.88. The van der Waals surface area contributed by atoms with Gasteiger partial charge in [-0.05, 0) is 50.8 Å². The second-order valence-corrected chi connectivity index (χ2v) is 8.19. The molecule has 4 rings (SSSR count). The van der Waals surface area contributed by atoms with E-state index in [9.17, 15) is 4.79 Å². The molecule has 3 aromatic rings. The number of piperidine rings is 1.